The van der Waals surface area contributed by atoms with Crippen molar-refractivity contribution in [1.29, 1.82) is 0 Å². The van der Waals surface area contributed by atoms with Gasteiger partial charge in [0.1, 0.15) is 5.75 Å². The van der Waals surface area contributed by atoms with Crippen LogP contribution in [0.15, 0.2) is 42.5 Å². The van der Waals surface area contributed by atoms with E-state index in [1.807, 2.05) is 31.2 Å². The molecule has 1 aliphatic rings. The maximum atomic E-state index is 12.4. The van der Waals surface area contributed by atoms with Crippen LogP contribution in [0.5, 0.6) is 5.75 Å². The molecule has 0 bridgehead atoms. The molecule has 2 aromatic carbocycles. The summed E-state index contributed by atoms with van der Waals surface area (Å²) in [5.74, 6) is 0.805. The van der Waals surface area contributed by atoms with Crippen molar-refractivity contribution >= 4 is 17.4 Å². The van der Waals surface area contributed by atoms with Gasteiger partial charge in [0.25, 0.3) is 0 Å². The molecule has 0 aliphatic heterocycles. The Hall–Kier alpha value is -1.80. The van der Waals surface area contributed by atoms with E-state index >= 15 is 0 Å². The Bertz CT molecular complexity index is 622. The predicted octanol–water partition coefficient (Wildman–Crippen LogP) is 4.42. The number of carbonyl (C=O) groups excluding carboxylic acids is 1. The molecule has 0 unspecified atom stereocenters. The molecule has 0 spiro atoms. The van der Waals surface area contributed by atoms with Crippen LogP contribution < -0.4 is 4.74 Å². The second-order valence-electron chi connectivity index (χ2n) is 5.19. The molecule has 0 radical (unpaired) electrons. The fourth-order valence-electron chi connectivity index (χ4n) is 2.10. The van der Waals surface area contributed by atoms with Crippen LogP contribution in [0.1, 0.15) is 34.3 Å². The number of ether oxygens (including phenoxy) is 1. The first-order chi connectivity index (χ1) is 9.61. The summed E-state index contributed by atoms with van der Waals surface area (Å²) in [7, 11) is 0. The average Bonchev–Trinajstić information content (AvgIpc) is 3.22. The third-order valence-corrected chi connectivity index (χ3v) is 3.47. The zero-order valence-electron chi connectivity index (χ0n) is 11.2. The van der Waals surface area contributed by atoms with E-state index < -0.39 is 0 Å². The number of carbonyl (C=O) groups is 1. The summed E-state index contributed by atoms with van der Waals surface area (Å²) in [6.45, 7) is 1.93. The van der Waals surface area contributed by atoms with Crippen LogP contribution in [0.3, 0.4) is 0 Å². The maximum Gasteiger partial charge on any atom is 0.193 e. The first-order valence-electron chi connectivity index (χ1n) is 6.70. The molecule has 1 aliphatic carbocycles. The van der Waals surface area contributed by atoms with Gasteiger partial charge in [0.15, 0.2) is 5.78 Å². The second kappa shape index (κ2) is 5.29. The standard InChI is InChI=1S/C17H15ClO2/c1-11-8-13(10-14(18)9-11)17(19)12-2-4-15(5-3-12)20-16-6-7-16/h2-5,8-10,16H,6-7H2,1H3. The summed E-state index contributed by atoms with van der Waals surface area (Å²) in [6.07, 6.45) is 2.62. The lowest BCUT2D eigenvalue weighted by Crippen LogP contribution is -2.02. The number of halogens is 1. The number of hydrogen-bond acceptors (Lipinski definition) is 2. The van der Waals surface area contributed by atoms with Gasteiger partial charge < -0.3 is 4.74 Å². The van der Waals surface area contributed by atoms with E-state index in [-0.39, 0.29) is 5.78 Å². The molecule has 0 N–H and O–H groups in total. The fourth-order valence-corrected chi connectivity index (χ4v) is 2.39. The van der Waals surface area contributed by atoms with Crippen molar-refractivity contribution in [3.05, 3.63) is 64.2 Å². The highest BCUT2D eigenvalue weighted by atomic mass is 35.5. The van der Waals surface area contributed by atoms with Crippen molar-refractivity contribution in [1.82, 2.24) is 0 Å². The van der Waals surface area contributed by atoms with Crippen LogP contribution >= 0.6 is 11.6 Å². The SMILES string of the molecule is Cc1cc(Cl)cc(C(=O)c2ccc(OC3CC3)cc2)c1. The molecular formula is C17H15ClO2. The average molecular weight is 287 g/mol. The fraction of sp³-hybridized carbons (Fsp3) is 0.235. The van der Waals surface area contributed by atoms with Gasteiger partial charge in [0.05, 0.1) is 6.10 Å². The lowest BCUT2D eigenvalue weighted by Gasteiger charge is -2.06. The van der Waals surface area contributed by atoms with Gasteiger partial charge in [-0.25, -0.2) is 0 Å². The van der Waals surface area contributed by atoms with Gasteiger partial charge in [0, 0.05) is 16.1 Å². The minimum absolute atomic E-state index is 0.0198. The van der Waals surface area contributed by atoms with E-state index in [1.165, 1.54) is 0 Å². The van der Waals surface area contributed by atoms with Gasteiger partial charge in [-0.1, -0.05) is 11.6 Å². The summed E-state index contributed by atoms with van der Waals surface area (Å²) in [4.78, 5) is 12.4. The molecule has 0 saturated heterocycles. The van der Waals surface area contributed by atoms with Crippen molar-refractivity contribution in [2.75, 3.05) is 0 Å². The van der Waals surface area contributed by atoms with E-state index in [9.17, 15) is 4.79 Å². The summed E-state index contributed by atoms with van der Waals surface area (Å²) in [5, 5.41) is 0.585. The van der Waals surface area contributed by atoms with Crippen LogP contribution in [0, 0.1) is 6.92 Å². The molecule has 2 nitrogen and oxygen atoms in total. The Balaban J connectivity index is 1.81. The van der Waals surface area contributed by atoms with Gasteiger partial charge in [-0.15, -0.1) is 0 Å². The number of benzene rings is 2. The number of hydrogen-bond donors (Lipinski definition) is 0. The summed E-state index contributed by atoms with van der Waals surface area (Å²) >= 11 is 6.00. The largest absolute Gasteiger partial charge is 0.490 e. The molecule has 0 atom stereocenters. The van der Waals surface area contributed by atoms with Crippen molar-refractivity contribution in [3.8, 4) is 5.75 Å². The Kier molecular flexibility index (Phi) is 3.49. The lowest BCUT2D eigenvalue weighted by molar-refractivity contribution is 0.103. The zero-order chi connectivity index (χ0) is 14.1. The molecule has 2 aromatic rings. The van der Waals surface area contributed by atoms with Gasteiger partial charge in [-0.2, -0.15) is 0 Å². The molecule has 1 fully saturated rings. The number of aryl methyl sites for hydroxylation is 1. The molecule has 1 saturated carbocycles. The molecule has 20 heavy (non-hydrogen) atoms. The first-order valence-corrected chi connectivity index (χ1v) is 7.08. The van der Waals surface area contributed by atoms with Crippen LogP contribution in [0.2, 0.25) is 5.02 Å². The first kappa shape index (κ1) is 13.2. The molecule has 0 amide bonds. The normalized spacial score (nSPS) is 14.1. The van der Waals surface area contributed by atoms with Crippen molar-refractivity contribution < 1.29 is 9.53 Å². The Morgan fingerprint density at radius 2 is 1.80 bits per heavy atom. The molecule has 0 heterocycles. The topological polar surface area (TPSA) is 26.3 Å². The van der Waals surface area contributed by atoms with Crippen LogP contribution in [0.25, 0.3) is 0 Å². The lowest BCUT2D eigenvalue weighted by atomic mass is 10.0. The highest BCUT2D eigenvalue weighted by Crippen LogP contribution is 2.27. The second-order valence-corrected chi connectivity index (χ2v) is 5.62. The third-order valence-electron chi connectivity index (χ3n) is 3.25. The van der Waals surface area contributed by atoms with E-state index in [2.05, 4.69) is 0 Å². The van der Waals surface area contributed by atoms with Crippen LogP contribution in [-0.4, -0.2) is 11.9 Å². The van der Waals surface area contributed by atoms with Crippen molar-refractivity contribution in [2.45, 2.75) is 25.9 Å². The predicted molar refractivity (Wildman–Crippen MR) is 79.7 cm³/mol. The van der Waals surface area contributed by atoms with Gasteiger partial charge in [-0.3, -0.25) is 4.79 Å². The van der Waals surface area contributed by atoms with Crippen molar-refractivity contribution in [3.63, 3.8) is 0 Å². The van der Waals surface area contributed by atoms with E-state index in [4.69, 9.17) is 16.3 Å². The number of ketones is 1. The highest BCUT2D eigenvalue weighted by molar-refractivity contribution is 6.31. The molecule has 0 aromatic heterocycles. The quantitative estimate of drug-likeness (QED) is 0.778. The highest BCUT2D eigenvalue weighted by Gasteiger charge is 2.23. The van der Waals surface area contributed by atoms with Gasteiger partial charge in [-0.05, 0) is 67.8 Å². The monoisotopic (exact) mass is 286 g/mol. The molecular weight excluding hydrogens is 272 g/mol. The molecule has 3 rings (SSSR count). The number of rotatable bonds is 4. The summed E-state index contributed by atoms with van der Waals surface area (Å²) in [6, 6.07) is 12.7. The zero-order valence-corrected chi connectivity index (χ0v) is 12.0. The molecule has 3 heteroatoms. The minimum Gasteiger partial charge on any atom is -0.490 e. The maximum absolute atomic E-state index is 12.4. The van der Waals surface area contributed by atoms with Gasteiger partial charge >= 0.3 is 0 Å². The van der Waals surface area contributed by atoms with Crippen LogP contribution in [-0.2, 0) is 0 Å². The smallest absolute Gasteiger partial charge is 0.193 e. The molecule has 102 valence electrons. The Morgan fingerprint density at radius 1 is 1.10 bits per heavy atom. The van der Waals surface area contributed by atoms with E-state index in [1.54, 1.807) is 18.2 Å². The van der Waals surface area contributed by atoms with Crippen molar-refractivity contribution in [2.24, 2.45) is 0 Å². The summed E-state index contributed by atoms with van der Waals surface area (Å²) in [5.41, 5.74) is 2.25. The minimum atomic E-state index is -0.0198. The van der Waals surface area contributed by atoms with E-state index in [0.717, 1.165) is 24.2 Å². The van der Waals surface area contributed by atoms with E-state index in [0.29, 0.717) is 22.3 Å². The Labute approximate surface area is 123 Å². The summed E-state index contributed by atoms with van der Waals surface area (Å²) < 4.78 is 5.67. The Morgan fingerprint density at radius 3 is 2.40 bits per heavy atom. The van der Waals surface area contributed by atoms with Gasteiger partial charge in [0.2, 0.25) is 0 Å². The van der Waals surface area contributed by atoms with Crippen LogP contribution in [0.4, 0.5) is 0 Å². The third kappa shape index (κ3) is 3.02.